The van der Waals surface area contributed by atoms with Crippen LogP contribution in [0.25, 0.3) is 0 Å². The zero-order valence-electron chi connectivity index (χ0n) is 13.8. The van der Waals surface area contributed by atoms with Crippen LogP contribution in [0.4, 0.5) is 0 Å². The van der Waals surface area contributed by atoms with Crippen molar-refractivity contribution in [2.24, 2.45) is 17.6 Å². The summed E-state index contributed by atoms with van der Waals surface area (Å²) in [7, 11) is 0. The number of aromatic nitrogens is 2. The van der Waals surface area contributed by atoms with Gasteiger partial charge < -0.3 is 15.4 Å². The Morgan fingerprint density at radius 2 is 2.04 bits per heavy atom. The molecule has 0 spiro atoms. The van der Waals surface area contributed by atoms with Crippen molar-refractivity contribution in [1.29, 1.82) is 0 Å². The zero-order valence-corrected chi connectivity index (χ0v) is 13.8. The fraction of sp³-hybridized carbons (Fsp3) is 0.647. The molecule has 2 amide bonds. The summed E-state index contributed by atoms with van der Waals surface area (Å²) < 4.78 is 5.35. The van der Waals surface area contributed by atoms with E-state index in [1.54, 1.807) is 6.07 Å². The second-order valence-corrected chi connectivity index (χ2v) is 6.64. The number of nitrogens with two attached hydrogens (primary N) is 1. The summed E-state index contributed by atoms with van der Waals surface area (Å²) in [5, 5.41) is 0. The minimum Gasteiger partial charge on any atom is -0.381 e. The molecular formula is C17H24N4O3. The second-order valence-electron chi connectivity index (χ2n) is 6.64. The van der Waals surface area contributed by atoms with Crippen LogP contribution in [0.5, 0.6) is 0 Å². The van der Waals surface area contributed by atoms with Gasteiger partial charge in [0.05, 0.1) is 0 Å². The monoisotopic (exact) mass is 332 g/mol. The number of amides is 2. The summed E-state index contributed by atoms with van der Waals surface area (Å²) in [5.41, 5.74) is 6.32. The van der Waals surface area contributed by atoms with Gasteiger partial charge in [0.2, 0.25) is 5.91 Å². The van der Waals surface area contributed by atoms with Crippen molar-refractivity contribution in [2.75, 3.05) is 26.3 Å². The third-order valence-corrected chi connectivity index (χ3v) is 4.88. The zero-order chi connectivity index (χ0) is 16.9. The molecule has 0 aliphatic carbocycles. The van der Waals surface area contributed by atoms with Crippen molar-refractivity contribution < 1.29 is 14.3 Å². The predicted octanol–water partition coefficient (Wildman–Crippen LogP) is 0.783. The first-order valence-electron chi connectivity index (χ1n) is 8.60. The normalized spacial score (nSPS) is 22.3. The topological polar surface area (TPSA) is 98.4 Å². The number of nitrogens with zero attached hydrogens (tertiary/aromatic N) is 3. The van der Waals surface area contributed by atoms with Gasteiger partial charge in [-0.15, -0.1) is 0 Å². The van der Waals surface area contributed by atoms with E-state index >= 15 is 0 Å². The van der Waals surface area contributed by atoms with Crippen molar-refractivity contribution in [1.82, 2.24) is 14.9 Å². The predicted molar refractivity (Wildman–Crippen MR) is 87.1 cm³/mol. The smallest absolute Gasteiger partial charge is 0.267 e. The fourth-order valence-electron chi connectivity index (χ4n) is 3.57. The quantitative estimate of drug-likeness (QED) is 0.878. The fourth-order valence-corrected chi connectivity index (χ4v) is 3.57. The summed E-state index contributed by atoms with van der Waals surface area (Å²) in [6, 6.07) is 1.65. The number of carbonyl (C=O) groups is 2. The minimum absolute atomic E-state index is 0.109. The van der Waals surface area contributed by atoms with E-state index in [0.717, 1.165) is 50.9 Å². The molecule has 24 heavy (non-hydrogen) atoms. The molecule has 2 aliphatic rings. The van der Waals surface area contributed by atoms with Gasteiger partial charge in [-0.3, -0.25) is 9.59 Å². The van der Waals surface area contributed by atoms with Crippen LogP contribution >= 0.6 is 0 Å². The van der Waals surface area contributed by atoms with E-state index in [1.807, 2.05) is 4.90 Å². The summed E-state index contributed by atoms with van der Waals surface area (Å²) in [6.07, 6.45) is 5.84. The van der Waals surface area contributed by atoms with Crippen molar-refractivity contribution >= 4 is 11.8 Å². The maximum atomic E-state index is 12.7. The minimum atomic E-state index is -0.543. The molecule has 0 aromatic carbocycles. The summed E-state index contributed by atoms with van der Waals surface area (Å²) >= 11 is 0. The Balaban J connectivity index is 1.60. The van der Waals surface area contributed by atoms with Crippen LogP contribution in [0.15, 0.2) is 12.4 Å². The molecule has 3 rings (SSSR count). The number of primary amides is 1. The summed E-state index contributed by atoms with van der Waals surface area (Å²) in [4.78, 5) is 34.0. The molecule has 0 bridgehead atoms. The lowest BCUT2D eigenvalue weighted by Gasteiger charge is -2.35. The maximum absolute atomic E-state index is 12.7. The van der Waals surface area contributed by atoms with Crippen molar-refractivity contribution in [3.63, 3.8) is 0 Å². The van der Waals surface area contributed by atoms with Gasteiger partial charge in [-0.2, -0.15) is 0 Å². The van der Waals surface area contributed by atoms with Gasteiger partial charge >= 0.3 is 0 Å². The molecule has 0 radical (unpaired) electrons. The van der Waals surface area contributed by atoms with Gasteiger partial charge in [0.25, 0.3) is 5.91 Å². The van der Waals surface area contributed by atoms with E-state index in [4.69, 9.17) is 10.5 Å². The Bertz CT molecular complexity index is 601. The number of ether oxygens (including phenoxy) is 1. The Kier molecular flexibility index (Phi) is 5.40. The van der Waals surface area contributed by atoms with Gasteiger partial charge in [-0.05, 0) is 44.1 Å². The third kappa shape index (κ3) is 4.08. The van der Waals surface area contributed by atoms with Crippen LogP contribution in [-0.2, 0) is 16.0 Å². The first-order chi connectivity index (χ1) is 11.6. The van der Waals surface area contributed by atoms with Crippen LogP contribution in [0.3, 0.4) is 0 Å². The highest BCUT2D eigenvalue weighted by atomic mass is 16.5. The van der Waals surface area contributed by atoms with E-state index < -0.39 is 5.91 Å². The highest BCUT2D eigenvalue weighted by Gasteiger charge is 2.30. The van der Waals surface area contributed by atoms with Gasteiger partial charge in [-0.25, -0.2) is 9.97 Å². The number of piperidine rings is 1. The van der Waals surface area contributed by atoms with Gasteiger partial charge in [0.1, 0.15) is 12.0 Å². The number of likely N-dealkylation sites (tertiary alicyclic amines) is 1. The molecular weight excluding hydrogens is 308 g/mol. The molecule has 1 atom stereocenters. The first-order valence-corrected chi connectivity index (χ1v) is 8.60. The number of rotatable bonds is 4. The Hall–Kier alpha value is -2.02. The van der Waals surface area contributed by atoms with E-state index in [1.165, 1.54) is 6.33 Å². The maximum Gasteiger partial charge on any atom is 0.267 e. The highest BCUT2D eigenvalue weighted by Crippen LogP contribution is 2.24. The molecule has 2 aliphatic heterocycles. The number of hydrogen-bond donors (Lipinski definition) is 1. The molecule has 7 nitrogen and oxygen atoms in total. The van der Waals surface area contributed by atoms with Crippen LogP contribution in [0.2, 0.25) is 0 Å². The molecule has 3 heterocycles. The van der Waals surface area contributed by atoms with Gasteiger partial charge in [0.15, 0.2) is 0 Å². The Labute approximate surface area is 141 Å². The van der Waals surface area contributed by atoms with E-state index in [9.17, 15) is 9.59 Å². The van der Waals surface area contributed by atoms with Crippen molar-refractivity contribution in [3.05, 3.63) is 23.8 Å². The lowest BCUT2D eigenvalue weighted by atomic mass is 9.91. The highest BCUT2D eigenvalue weighted by molar-refractivity contribution is 5.90. The molecule has 2 fully saturated rings. The second kappa shape index (κ2) is 7.70. The van der Waals surface area contributed by atoms with Crippen molar-refractivity contribution in [3.8, 4) is 0 Å². The summed E-state index contributed by atoms with van der Waals surface area (Å²) in [6.45, 7) is 2.96. The van der Waals surface area contributed by atoms with Crippen LogP contribution in [0, 0.1) is 11.8 Å². The Morgan fingerprint density at radius 3 is 2.79 bits per heavy atom. The molecule has 2 saturated heterocycles. The third-order valence-electron chi connectivity index (χ3n) is 4.88. The largest absolute Gasteiger partial charge is 0.381 e. The molecule has 1 aromatic heterocycles. The van der Waals surface area contributed by atoms with Crippen LogP contribution < -0.4 is 5.73 Å². The SMILES string of the molecule is NC(=O)c1cc(C[C@H]2CCCN(C(=O)C3CCOCC3)C2)ncn1. The van der Waals surface area contributed by atoms with E-state index in [2.05, 4.69) is 9.97 Å². The number of carbonyl (C=O) groups excluding carboxylic acids is 2. The Morgan fingerprint density at radius 1 is 1.25 bits per heavy atom. The van der Waals surface area contributed by atoms with Crippen molar-refractivity contribution in [2.45, 2.75) is 32.1 Å². The lowest BCUT2D eigenvalue weighted by molar-refractivity contribution is -0.140. The van der Waals surface area contributed by atoms with Crippen LogP contribution in [0.1, 0.15) is 41.9 Å². The van der Waals surface area contributed by atoms with Gasteiger partial charge in [-0.1, -0.05) is 0 Å². The molecule has 130 valence electrons. The van der Waals surface area contributed by atoms with E-state index in [-0.39, 0.29) is 17.5 Å². The average molecular weight is 332 g/mol. The lowest BCUT2D eigenvalue weighted by Crippen LogP contribution is -2.44. The molecule has 2 N–H and O–H groups in total. The van der Waals surface area contributed by atoms with Crippen LogP contribution in [-0.4, -0.2) is 53.0 Å². The standard InChI is InChI=1S/C17H24N4O3/c18-16(22)15-9-14(19-11-20-15)8-12-2-1-5-21(10-12)17(23)13-3-6-24-7-4-13/h9,11-13H,1-8,10H2,(H2,18,22)/t12-/m1/s1. The average Bonchev–Trinajstić information content (AvgIpc) is 2.62. The van der Waals surface area contributed by atoms with E-state index in [0.29, 0.717) is 19.1 Å². The number of hydrogen-bond acceptors (Lipinski definition) is 5. The molecule has 0 unspecified atom stereocenters. The molecule has 7 heteroatoms. The molecule has 0 saturated carbocycles. The summed E-state index contributed by atoms with van der Waals surface area (Å²) in [5.74, 6) is 0.193. The molecule has 1 aromatic rings. The van der Waals surface area contributed by atoms with Gasteiger partial charge in [0, 0.05) is 37.9 Å². The first kappa shape index (κ1) is 16.8.